The monoisotopic (exact) mass is 238 g/mol. The van der Waals surface area contributed by atoms with Gasteiger partial charge in [-0.2, -0.15) is 0 Å². The van der Waals surface area contributed by atoms with Gasteiger partial charge in [0.2, 0.25) is 0 Å². The Bertz CT molecular complexity index is 417. The molecule has 0 aromatic heterocycles. The summed E-state index contributed by atoms with van der Waals surface area (Å²) >= 11 is 0. The number of hydrogen-bond donors (Lipinski definition) is 2. The SMILES string of the molecule is CNc1c(F)cccc1C(=O)NC1CCOC1. The van der Waals surface area contributed by atoms with E-state index in [2.05, 4.69) is 10.6 Å². The molecule has 0 aliphatic carbocycles. The van der Waals surface area contributed by atoms with E-state index in [0.717, 1.165) is 6.42 Å². The van der Waals surface area contributed by atoms with Crippen LogP contribution in [0.3, 0.4) is 0 Å². The van der Waals surface area contributed by atoms with Crippen LogP contribution in [0.5, 0.6) is 0 Å². The molecule has 17 heavy (non-hydrogen) atoms. The molecule has 1 heterocycles. The molecule has 0 saturated carbocycles. The van der Waals surface area contributed by atoms with Gasteiger partial charge in [0.05, 0.1) is 23.9 Å². The summed E-state index contributed by atoms with van der Waals surface area (Å²) in [5, 5.41) is 5.53. The lowest BCUT2D eigenvalue weighted by molar-refractivity contribution is 0.0930. The molecule has 1 aliphatic rings. The standard InChI is InChI=1S/C12H15FN2O2/c1-14-11-9(3-2-4-10(11)13)12(16)15-8-5-6-17-7-8/h2-4,8,14H,5-7H2,1H3,(H,15,16). The Morgan fingerprint density at radius 1 is 1.53 bits per heavy atom. The van der Waals surface area contributed by atoms with Gasteiger partial charge in [-0.15, -0.1) is 0 Å². The molecule has 0 bridgehead atoms. The second-order valence-corrected chi connectivity index (χ2v) is 3.95. The second-order valence-electron chi connectivity index (χ2n) is 3.95. The fourth-order valence-corrected chi connectivity index (χ4v) is 1.88. The smallest absolute Gasteiger partial charge is 0.253 e. The fourth-order valence-electron chi connectivity index (χ4n) is 1.88. The average molecular weight is 238 g/mol. The maximum absolute atomic E-state index is 13.5. The van der Waals surface area contributed by atoms with Crippen molar-refractivity contribution in [2.75, 3.05) is 25.6 Å². The summed E-state index contributed by atoms with van der Waals surface area (Å²) < 4.78 is 18.6. The number of carbonyl (C=O) groups excluding carboxylic acids is 1. The van der Waals surface area contributed by atoms with Crippen LogP contribution >= 0.6 is 0 Å². The van der Waals surface area contributed by atoms with Crippen molar-refractivity contribution >= 4 is 11.6 Å². The van der Waals surface area contributed by atoms with Crippen LogP contribution in [0.25, 0.3) is 0 Å². The molecule has 0 radical (unpaired) electrons. The van der Waals surface area contributed by atoms with E-state index >= 15 is 0 Å². The molecule has 2 rings (SSSR count). The van der Waals surface area contributed by atoms with Crippen molar-refractivity contribution in [2.24, 2.45) is 0 Å². The van der Waals surface area contributed by atoms with Crippen molar-refractivity contribution in [3.8, 4) is 0 Å². The van der Waals surface area contributed by atoms with Gasteiger partial charge < -0.3 is 15.4 Å². The number of amides is 1. The zero-order valence-electron chi connectivity index (χ0n) is 9.63. The molecule has 1 aliphatic heterocycles. The first kappa shape index (κ1) is 11.9. The van der Waals surface area contributed by atoms with Gasteiger partial charge in [0.25, 0.3) is 5.91 Å². The summed E-state index contributed by atoms with van der Waals surface area (Å²) in [5.74, 6) is -0.702. The number of carbonyl (C=O) groups is 1. The van der Waals surface area contributed by atoms with Gasteiger partial charge in [0.1, 0.15) is 5.82 Å². The number of benzene rings is 1. The highest BCUT2D eigenvalue weighted by Crippen LogP contribution is 2.19. The first-order valence-corrected chi connectivity index (χ1v) is 5.57. The van der Waals surface area contributed by atoms with Crippen molar-refractivity contribution in [2.45, 2.75) is 12.5 Å². The average Bonchev–Trinajstić information content (AvgIpc) is 2.81. The lowest BCUT2D eigenvalue weighted by Gasteiger charge is -2.13. The van der Waals surface area contributed by atoms with Gasteiger partial charge in [-0.05, 0) is 18.6 Å². The molecule has 2 N–H and O–H groups in total. The molecule has 1 atom stereocenters. The Labute approximate surface area is 99.2 Å². The summed E-state index contributed by atoms with van der Waals surface area (Å²) in [7, 11) is 1.59. The summed E-state index contributed by atoms with van der Waals surface area (Å²) in [6.45, 7) is 1.18. The molecule has 1 fully saturated rings. The zero-order chi connectivity index (χ0) is 12.3. The number of halogens is 1. The van der Waals surface area contributed by atoms with E-state index in [-0.39, 0.29) is 17.6 Å². The zero-order valence-corrected chi connectivity index (χ0v) is 9.63. The number of hydrogen-bond acceptors (Lipinski definition) is 3. The minimum absolute atomic E-state index is 0.0236. The molecule has 4 nitrogen and oxygen atoms in total. The van der Waals surface area contributed by atoms with Gasteiger partial charge in [-0.25, -0.2) is 4.39 Å². The maximum atomic E-state index is 13.5. The molecule has 1 aromatic carbocycles. The summed E-state index contributed by atoms with van der Waals surface area (Å²) in [5.41, 5.74) is 0.545. The van der Waals surface area contributed by atoms with Crippen LogP contribution in [0, 0.1) is 5.82 Å². The third-order valence-corrected chi connectivity index (χ3v) is 2.77. The van der Waals surface area contributed by atoms with E-state index < -0.39 is 5.82 Å². The number of anilines is 1. The second kappa shape index (κ2) is 5.14. The predicted molar refractivity (Wildman–Crippen MR) is 62.6 cm³/mol. The number of rotatable bonds is 3. The van der Waals surface area contributed by atoms with Crippen LogP contribution in [0.15, 0.2) is 18.2 Å². The maximum Gasteiger partial charge on any atom is 0.253 e. The highest BCUT2D eigenvalue weighted by Gasteiger charge is 2.20. The Hall–Kier alpha value is -1.62. The topological polar surface area (TPSA) is 50.4 Å². The molecule has 1 unspecified atom stereocenters. The van der Waals surface area contributed by atoms with Gasteiger partial charge in [0.15, 0.2) is 0 Å². The Morgan fingerprint density at radius 2 is 2.35 bits per heavy atom. The largest absolute Gasteiger partial charge is 0.385 e. The highest BCUT2D eigenvalue weighted by atomic mass is 19.1. The van der Waals surface area contributed by atoms with Gasteiger partial charge in [-0.3, -0.25) is 4.79 Å². The Morgan fingerprint density at radius 3 is 3.00 bits per heavy atom. The molecule has 0 spiro atoms. The number of para-hydroxylation sites is 1. The minimum atomic E-state index is -0.428. The minimum Gasteiger partial charge on any atom is -0.385 e. The number of ether oxygens (including phenoxy) is 1. The number of nitrogens with one attached hydrogen (secondary N) is 2. The summed E-state index contributed by atoms with van der Waals surface area (Å²) in [6, 6.07) is 4.47. The van der Waals surface area contributed by atoms with E-state index in [0.29, 0.717) is 18.8 Å². The van der Waals surface area contributed by atoms with Crippen molar-refractivity contribution in [3.05, 3.63) is 29.6 Å². The lowest BCUT2D eigenvalue weighted by Crippen LogP contribution is -2.35. The van der Waals surface area contributed by atoms with Crippen molar-refractivity contribution < 1.29 is 13.9 Å². The first-order chi connectivity index (χ1) is 8.22. The quantitative estimate of drug-likeness (QED) is 0.836. The van der Waals surface area contributed by atoms with E-state index in [1.807, 2.05) is 0 Å². The molecule has 1 saturated heterocycles. The molecular weight excluding hydrogens is 223 g/mol. The van der Waals surface area contributed by atoms with Crippen molar-refractivity contribution in [1.29, 1.82) is 0 Å². The third kappa shape index (κ3) is 2.55. The van der Waals surface area contributed by atoms with E-state index in [1.54, 1.807) is 13.1 Å². The van der Waals surface area contributed by atoms with Gasteiger partial charge >= 0.3 is 0 Å². The van der Waals surface area contributed by atoms with Gasteiger partial charge in [-0.1, -0.05) is 6.07 Å². The predicted octanol–water partition coefficient (Wildman–Crippen LogP) is 1.39. The van der Waals surface area contributed by atoms with E-state index in [9.17, 15) is 9.18 Å². The Kier molecular flexibility index (Phi) is 3.58. The molecular formula is C12H15FN2O2. The fraction of sp³-hybridized carbons (Fsp3) is 0.417. The Balaban J connectivity index is 2.15. The van der Waals surface area contributed by atoms with Crippen molar-refractivity contribution in [1.82, 2.24) is 5.32 Å². The van der Waals surface area contributed by atoms with Gasteiger partial charge in [0, 0.05) is 13.7 Å². The van der Waals surface area contributed by atoms with Crippen molar-refractivity contribution in [3.63, 3.8) is 0 Å². The van der Waals surface area contributed by atoms with E-state index in [1.165, 1.54) is 12.1 Å². The first-order valence-electron chi connectivity index (χ1n) is 5.57. The van der Waals surface area contributed by atoms with Crippen LogP contribution in [0.1, 0.15) is 16.8 Å². The molecule has 5 heteroatoms. The molecule has 92 valence electrons. The summed E-state index contributed by atoms with van der Waals surface area (Å²) in [6.07, 6.45) is 0.802. The van der Waals surface area contributed by atoms with Crippen LogP contribution in [0.4, 0.5) is 10.1 Å². The molecule has 1 aromatic rings. The van der Waals surface area contributed by atoms with Crippen LogP contribution in [-0.2, 0) is 4.74 Å². The molecule has 1 amide bonds. The summed E-state index contributed by atoms with van der Waals surface area (Å²) in [4.78, 5) is 12.0. The van der Waals surface area contributed by atoms with Crippen LogP contribution < -0.4 is 10.6 Å². The highest BCUT2D eigenvalue weighted by molar-refractivity contribution is 5.99. The van der Waals surface area contributed by atoms with Crippen LogP contribution in [-0.4, -0.2) is 32.2 Å². The van der Waals surface area contributed by atoms with E-state index in [4.69, 9.17) is 4.74 Å². The normalized spacial score (nSPS) is 19.1. The lowest BCUT2D eigenvalue weighted by atomic mass is 10.1. The van der Waals surface area contributed by atoms with Crippen LogP contribution in [0.2, 0.25) is 0 Å². The third-order valence-electron chi connectivity index (χ3n) is 2.77.